The Balaban J connectivity index is 1.14. The summed E-state index contributed by atoms with van der Waals surface area (Å²) in [5, 5.41) is 2.49. The molecule has 0 heterocycles. The van der Waals surface area contributed by atoms with Crippen molar-refractivity contribution in [3.05, 3.63) is 259 Å². The molecule has 1 nitrogen and oxygen atoms in total. The Morgan fingerprint density at radius 3 is 1.56 bits per heavy atom. The predicted octanol–water partition coefficient (Wildman–Crippen LogP) is 16.3. The lowest BCUT2D eigenvalue weighted by Crippen LogP contribution is -2.22. The molecule has 0 N–H and O–H groups in total. The maximum absolute atomic E-state index is 2.51. The molecule has 0 amide bonds. The van der Waals surface area contributed by atoms with Crippen LogP contribution in [0.2, 0.25) is 0 Å². The van der Waals surface area contributed by atoms with Crippen LogP contribution in [-0.4, -0.2) is 0 Å². The Hall–Kier alpha value is -7.74. The van der Waals surface area contributed by atoms with Gasteiger partial charge < -0.3 is 4.90 Å². The van der Waals surface area contributed by atoms with Crippen molar-refractivity contribution in [1.29, 1.82) is 0 Å². The summed E-state index contributed by atoms with van der Waals surface area (Å²) in [5.74, 6) is 0. The maximum atomic E-state index is 2.51. The molecule has 0 saturated heterocycles. The second kappa shape index (κ2) is 15.1. The molecule has 0 aromatic heterocycles. The fourth-order valence-electron chi connectivity index (χ4n) is 9.81. The molecule has 0 aliphatic heterocycles. The van der Waals surface area contributed by atoms with Gasteiger partial charge in [-0.3, -0.25) is 0 Å². The molecule has 11 rings (SSSR count). The standard InChI is InChI=1S/C60H43N/c1-60(47-23-6-3-7-24-47)55-31-16-14-30-54(55)59-56(60)32-18-34-58(59)61(48-39-37-43(38-40-48)46-36-35-42-19-8-9-22-45(42)41-46)57-33-17-15-29-53(57)52-28-13-12-27-51(52)50-26-11-10-25-49(50)44-20-4-2-5-21-44/h2-41H,1H3. The summed E-state index contributed by atoms with van der Waals surface area (Å²) in [6.07, 6.45) is 0. The van der Waals surface area contributed by atoms with E-state index in [-0.39, 0.29) is 5.41 Å². The van der Waals surface area contributed by atoms with Gasteiger partial charge in [0, 0.05) is 22.2 Å². The second-order valence-corrected chi connectivity index (χ2v) is 16.2. The Labute approximate surface area is 358 Å². The zero-order chi connectivity index (χ0) is 40.8. The molecule has 0 saturated carbocycles. The van der Waals surface area contributed by atoms with Gasteiger partial charge in [0.1, 0.15) is 0 Å². The summed E-state index contributed by atoms with van der Waals surface area (Å²) in [6.45, 7) is 2.40. The average molecular weight is 778 g/mol. The highest BCUT2D eigenvalue weighted by molar-refractivity contribution is 6.01. The highest BCUT2D eigenvalue weighted by atomic mass is 15.1. The molecule has 1 aliphatic carbocycles. The first-order chi connectivity index (χ1) is 30.2. The van der Waals surface area contributed by atoms with Crippen molar-refractivity contribution in [1.82, 2.24) is 0 Å². The monoisotopic (exact) mass is 777 g/mol. The Morgan fingerprint density at radius 1 is 0.311 bits per heavy atom. The zero-order valence-corrected chi connectivity index (χ0v) is 34.0. The summed E-state index contributed by atoms with van der Waals surface area (Å²) >= 11 is 0. The third-order valence-electron chi connectivity index (χ3n) is 12.8. The summed E-state index contributed by atoms with van der Waals surface area (Å²) in [6, 6.07) is 88.8. The first-order valence-corrected chi connectivity index (χ1v) is 21.2. The normalized spacial score (nSPS) is 14.0. The van der Waals surface area contributed by atoms with E-state index in [2.05, 4.69) is 254 Å². The van der Waals surface area contributed by atoms with E-state index in [0.29, 0.717) is 0 Å². The highest BCUT2D eigenvalue weighted by Crippen LogP contribution is 2.57. The Bertz CT molecular complexity index is 3200. The summed E-state index contributed by atoms with van der Waals surface area (Å²) in [5.41, 5.74) is 19.0. The molecule has 0 spiro atoms. The lowest BCUT2D eigenvalue weighted by atomic mass is 9.74. The van der Waals surface area contributed by atoms with Gasteiger partial charge in [0.05, 0.1) is 11.4 Å². The lowest BCUT2D eigenvalue weighted by Gasteiger charge is -2.32. The van der Waals surface area contributed by atoms with Gasteiger partial charge in [0.25, 0.3) is 0 Å². The van der Waals surface area contributed by atoms with Gasteiger partial charge in [-0.1, -0.05) is 212 Å². The number of nitrogens with zero attached hydrogens (tertiary/aromatic N) is 1. The largest absolute Gasteiger partial charge is 0.309 e. The summed E-state index contributed by atoms with van der Waals surface area (Å²) in [4.78, 5) is 2.51. The van der Waals surface area contributed by atoms with Gasteiger partial charge in [0.2, 0.25) is 0 Å². The van der Waals surface area contributed by atoms with Crippen LogP contribution in [0, 0.1) is 0 Å². The molecule has 1 atom stereocenters. The topological polar surface area (TPSA) is 3.24 Å². The van der Waals surface area contributed by atoms with Gasteiger partial charge >= 0.3 is 0 Å². The van der Waals surface area contributed by atoms with E-state index in [4.69, 9.17) is 0 Å². The first kappa shape index (κ1) is 36.3. The average Bonchev–Trinajstić information content (AvgIpc) is 3.61. The molecule has 1 heteroatoms. The van der Waals surface area contributed by atoms with Crippen molar-refractivity contribution in [3.63, 3.8) is 0 Å². The van der Waals surface area contributed by atoms with Gasteiger partial charge in [-0.15, -0.1) is 0 Å². The Kier molecular flexibility index (Phi) is 9.02. The van der Waals surface area contributed by atoms with E-state index < -0.39 is 0 Å². The molecule has 10 aromatic carbocycles. The number of hydrogen-bond donors (Lipinski definition) is 0. The van der Waals surface area contributed by atoms with Crippen LogP contribution in [0.15, 0.2) is 243 Å². The molecule has 0 fully saturated rings. The second-order valence-electron chi connectivity index (χ2n) is 16.2. The molecular formula is C60H43N. The van der Waals surface area contributed by atoms with E-state index in [1.165, 1.54) is 77.5 Å². The number of rotatable bonds is 8. The maximum Gasteiger partial charge on any atom is 0.0543 e. The molecule has 10 aromatic rings. The van der Waals surface area contributed by atoms with Crippen LogP contribution in [-0.2, 0) is 5.41 Å². The molecule has 0 radical (unpaired) electrons. The number of para-hydroxylation sites is 1. The third-order valence-corrected chi connectivity index (χ3v) is 12.8. The van der Waals surface area contributed by atoms with Gasteiger partial charge in [0.15, 0.2) is 0 Å². The van der Waals surface area contributed by atoms with E-state index in [9.17, 15) is 0 Å². The highest BCUT2D eigenvalue weighted by Gasteiger charge is 2.42. The van der Waals surface area contributed by atoms with Crippen LogP contribution in [0.5, 0.6) is 0 Å². The van der Waals surface area contributed by atoms with Crippen LogP contribution in [0.3, 0.4) is 0 Å². The van der Waals surface area contributed by atoms with E-state index in [1.54, 1.807) is 0 Å². The molecule has 288 valence electrons. The number of hydrogen-bond acceptors (Lipinski definition) is 1. The minimum absolute atomic E-state index is 0.331. The summed E-state index contributed by atoms with van der Waals surface area (Å²) in [7, 11) is 0. The van der Waals surface area contributed by atoms with E-state index >= 15 is 0 Å². The molecule has 0 bridgehead atoms. The minimum Gasteiger partial charge on any atom is -0.309 e. The van der Waals surface area contributed by atoms with Gasteiger partial charge in [-0.25, -0.2) is 0 Å². The number of anilines is 3. The predicted molar refractivity (Wildman–Crippen MR) is 258 cm³/mol. The van der Waals surface area contributed by atoms with Crippen molar-refractivity contribution in [2.75, 3.05) is 4.90 Å². The zero-order valence-electron chi connectivity index (χ0n) is 34.0. The van der Waals surface area contributed by atoms with E-state index in [1.807, 2.05) is 0 Å². The molecular weight excluding hydrogens is 735 g/mol. The van der Waals surface area contributed by atoms with Crippen molar-refractivity contribution < 1.29 is 0 Å². The van der Waals surface area contributed by atoms with Crippen LogP contribution in [0.25, 0.3) is 66.4 Å². The molecule has 1 aliphatic rings. The van der Waals surface area contributed by atoms with Crippen LogP contribution >= 0.6 is 0 Å². The lowest BCUT2D eigenvalue weighted by molar-refractivity contribution is 0.714. The van der Waals surface area contributed by atoms with Crippen molar-refractivity contribution in [2.45, 2.75) is 12.3 Å². The van der Waals surface area contributed by atoms with Crippen LogP contribution in [0.4, 0.5) is 17.1 Å². The summed E-state index contributed by atoms with van der Waals surface area (Å²) < 4.78 is 0. The smallest absolute Gasteiger partial charge is 0.0543 e. The minimum atomic E-state index is -0.331. The van der Waals surface area contributed by atoms with Crippen LogP contribution < -0.4 is 4.90 Å². The third kappa shape index (κ3) is 6.17. The number of fused-ring (bicyclic) bond motifs is 4. The fraction of sp³-hybridized carbons (Fsp3) is 0.0333. The molecule has 61 heavy (non-hydrogen) atoms. The molecule has 1 unspecified atom stereocenters. The first-order valence-electron chi connectivity index (χ1n) is 21.2. The van der Waals surface area contributed by atoms with Gasteiger partial charge in [-0.2, -0.15) is 0 Å². The SMILES string of the molecule is CC1(c2ccccc2)c2ccccc2-c2c(N(c3ccc(-c4ccc5ccccc5c4)cc3)c3ccccc3-c3ccccc3-c3ccccc3-c3ccccc3)cccc21. The van der Waals surface area contributed by atoms with Crippen molar-refractivity contribution in [3.8, 4) is 55.6 Å². The van der Waals surface area contributed by atoms with Crippen LogP contribution in [0.1, 0.15) is 23.6 Å². The van der Waals surface area contributed by atoms with Gasteiger partial charge in [-0.05, 0) is 109 Å². The van der Waals surface area contributed by atoms with E-state index in [0.717, 1.165) is 22.6 Å². The Morgan fingerprint density at radius 2 is 0.820 bits per heavy atom. The van der Waals surface area contributed by atoms with Crippen molar-refractivity contribution >= 4 is 27.8 Å². The quantitative estimate of drug-likeness (QED) is 0.149. The van der Waals surface area contributed by atoms with Crippen molar-refractivity contribution in [2.24, 2.45) is 0 Å². The number of benzene rings is 10. The fourth-order valence-corrected chi connectivity index (χ4v) is 9.81.